The highest BCUT2D eigenvalue weighted by Gasteiger charge is 2.65. The van der Waals surface area contributed by atoms with E-state index in [0.29, 0.717) is 0 Å². The standard InChI is InChI=1S/C24H40O10/c1-12-29-24(23(8,9)10)33-16-14(32-20(27)22(5,6)7)13(31-19(26)21(2,3)4)15(17(25)28-11)30-18(16)34-24/h13-16,18H,12H2,1-11H3/t13-,14-,15-,16+,18+,24?/m1/s1. The molecule has 0 aromatic rings. The molecule has 2 heterocycles. The molecule has 0 saturated carbocycles. The number of fused-ring (bicyclic) bond motifs is 1. The largest absolute Gasteiger partial charge is 0.467 e. The van der Waals surface area contributed by atoms with Crippen molar-refractivity contribution in [3.63, 3.8) is 0 Å². The van der Waals surface area contributed by atoms with Crippen LogP contribution in [-0.4, -0.2) is 68.3 Å². The summed E-state index contributed by atoms with van der Waals surface area (Å²) in [6.07, 6.45) is -6.19. The third-order valence-electron chi connectivity index (χ3n) is 5.45. The molecule has 0 bridgehead atoms. The summed E-state index contributed by atoms with van der Waals surface area (Å²) in [5.74, 6) is -3.56. The molecule has 0 amide bonds. The van der Waals surface area contributed by atoms with Crippen molar-refractivity contribution in [3.8, 4) is 0 Å². The van der Waals surface area contributed by atoms with Crippen molar-refractivity contribution < 1.29 is 47.5 Å². The van der Waals surface area contributed by atoms with Gasteiger partial charge >= 0.3 is 17.9 Å². The van der Waals surface area contributed by atoms with E-state index in [0.717, 1.165) is 0 Å². The molecule has 2 saturated heterocycles. The maximum absolute atomic E-state index is 12.9. The first-order valence-corrected chi connectivity index (χ1v) is 11.5. The zero-order valence-electron chi connectivity index (χ0n) is 22.2. The third kappa shape index (κ3) is 5.72. The Morgan fingerprint density at radius 2 is 1.32 bits per heavy atom. The lowest BCUT2D eigenvalue weighted by Gasteiger charge is -2.41. The van der Waals surface area contributed by atoms with Crippen molar-refractivity contribution in [2.75, 3.05) is 13.7 Å². The fourth-order valence-corrected chi connectivity index (χ4v) is 3.39. The molecule has 1 unspecified atom stereocenters. The summed E-state index contributed by atoms with van der Waals surface area (Å²) < 4.78 is 40.6. The number of ether oxygens (including phenoxy) is 7. The molecule has 0 spiro atoms. The van der Waals surface area contributed by atoms with Crippen LogP contribution in [0.2, 0.25) is 0 Å². The van der Waals surface area contributed by atoms with Gasteiger partial charge in [-0.15, -0.1) is 0 Å². The molecule has 6 atom stereocenters. The lowest BCUT2D eigenvalue weighted by atomic mass is 9.92. The summed E-state index contributed by atoms with van der Waals surface area (Å²) in [6.45, 7) is 17.7. The number of hydrogen-bond acceptors (Lipinski definition) is 10. The van der Waals surface area contributed by atoms with E-state index < -0.39 is 70.8 Å². The second-order valence-electron chi connectivity index (χ2n) is 11.6. The maximum Gasteiger partial charge on any atom is 0.339 e. The van der Waals surface area contributed by atoms with Crippen LogP contribution in [0.15, 0.2) is 0 Å². The van der Waals surface area contributed by atoms with Crippen LogP contribution in [-0.2, 0) is 47.5 Å². The van der Waals surface area contributed by atoms with Crippen molar-refractivity contribution in [1.29, 1.82) is 0 Å². The van der Waals surface area contributed by atoms with Crippen molar-refractivity contribution in [1.82, 2.24) is 0 Å². The summed E-state index contributed by atoms with van der Waals surface area (Å²) >= 11 is 0. The molecule has 34 heavy (non-hydrogen) atoms. The number of rotatable bonds is 5. The molecule has 2 rings (SSSR count). The first kappa shape index (κ1) is 28.5. The quantitative estimate of drug-likeness (QED) is 0.422. The fourth-order valence-electron chi connectivity index (χ4n) is 3.39. The zero-order chi connectivity index (χ0) is 26.3. The van der Waals surface area contributed by atoms with Gasteiger partial charge in [-0.3, -0.25) is 14.3 Å². The van der Waals surface area contributed by atoms with E-state index in [2.05, 4.69) is 0 Å². The van der Waals surface area contributed by atoms with E-state index in [4.69, 9.17) is 33.2 Å². The average Bonchev–Trinajstić information content (AvgIpc) is 3.06. The Balaban J connectivity index is 2.58. The molecule has 0 N–H and O–H groups in total. The smallest absolute Gasteiger partial charge is 0.339 e. The topological polar surface area (TPSA) is 116 Å². The summed E-state index contributed by atoms with van der Waals surface area (Å²) in [5, 5.41) is 0. The van der Waals surface area contributed by atoms with Crippen molar-refractivity contribution in [2.24, 2.45) is 16.2 Å². The van der Waals surface area contributed by atoms with Gasteiger partial charge in [-0.1, -0.05) is 20.8 Å². The first-order chi connectivity index (χ1) is 15.4. The number of hydrogen-bond donors (Lipinski definition) is 0. The normalized spacial score (nSPS) is 32.0. The van der Waals surface area contributed by atoms with E-state index in [9.17, 15) is 14.4 Å². The van der Waals surface area contributed by atoms with Gasteiger partial charge < -0.3 is 28.4 Å². The monoisotopic (exact) mass is 488 g/mol. The number of esters is 3. The number of carbonyl (C=O) groups is 3. The van der Waals surface area contributed by atoms with Crippen molar-refractivity contribution in [2.45, 2.75) is 106 Å². The number of carbonyl (C=O) groups excluding carboxylic acids is 3. The Bertz CT molecular complexity index is 772. The molecular weight excluding hydrogens is 448 g/mol. The summed E-state index contributed by atoms with van der Waals surface area (Å²) in [7, 11) is 1.18. The molecule has 10 heteroatoms. The van der Waals surface area contributed by atoms with Crippen LogP contribution >= 0.6 is 0 Å². The molecule has 0 aromatic heterocycles. The Hall–Kier alpha value is -1.75. The van der Waals surface area contributed by atoms with E-state index in [-0.39, 0.29) is 6.61 Å². The minimum absolute atomic E-state index is 0.256. The molecule has 196 valence electrons. The van der Waals surface area contributed by atoms with Crippen LogP contribution in [0.25, 0.3) is 0 Å². The number of methoxy groups -OCH3 is 1. The molecular formula is C24H40O10. The Morgan fingerprint density at radius 1 is 0.824 bits per heavy atom. The minimum atomic E-state index is -1.56. The van der Waals surface area contributed by atoms with Crippen LogP contribution in [0.3, 0.4) is 0 Å². The van der Waals surface area contributed by atoms with E-state index in [1.165, 1.54) is 7.11 Å². The van der Waals surface area contributed by atoms with Crippen molar-refractivity contribution >= 4 is 17.9 Å². The van der Waals surface area contributed by atoms with Gasteiger partial charge in [0.1, 0.15) is 0 Å². The Labute approximate surface area is 201 Å². The molecule has 10 nitrogen and oxygen atoms in total. The Morgan fingerprint density at radius 3 is 1.74 bits per heavy atom. The predicted molar refractivity (Wildman–Crippen MR) is 119 cm³/mol. The van der Waals surface area contributed by atoms with Gasteiger partial charge in [-0.05, 0) is 48.5 Å². The van der Waals surface area contributed by atoms with Gasteiger partial charge in [0.2, 0.25) is 0 Å². The maximum atomic E-state index is 12.9. The molecule has 0 aliphatic carbocycles. The summed E-state index contributed by atoms with van der Waals surface area (Å²) in [4.78, 5) is 38.5. The lowest BCUT2D eigenvalue weighted by Crippen LogP contribution is -2.62. The zero-order valence-corrected chi connectivity index (χ0v) is 22.2. The van der Waals surface area contributed by atoms with Crippen LogP contribution in [0.1, 0.15) is 69.2 Å². The first-order valence-electron chi connectivity index (χ1n) is 11.5. The van der Waals surface area contributed by atoms with Crippen LogP contribution in [0.5, 0.6) is 0 Å². The minimum Gasteiger partial charge on any atom is -0.467 e. The average molecular weight is 489 g/mol. The van der Waals surface area contributed by atoms with E-state index in [1.807, 2.05) is 20.8 Å². The fraction of sp³-hybridized carbons (Fsp3) is 0.875. The van der Waals surface area contributed by atoms with Gasteiger partial charge in [0.25, 0.3) is 5.97 Å². The molecule has 2 aliphatic rings. The highest BCUT2D eigenvalue weighted by atomic mass is 16.9. The highest BCUT2D eigenvalue weighted by Crippen LogP contribution is 2.48. The van der Waals surface area contributed by atoms with E-state index >= 15 is 0 Å². The van der Waals surface area contributed by atoms with Crippen LogP contribution in [0.4, 0.5) is 0 Å². The van der Waals surface area contributed by atoms with Gasteiger partial charge in [0, 0.05) is 12.0 Å². The van der Waals surface area contributed by atoms with Gasteiger partial charge in [-0.2, -0.15) is 0 Å². The van der Waals surface area contributed by atoms with E-state index in [1.54, 1.807) is 48.5 Å². The highest BCUT2D eigenvalue weighted by molar-refractivity contribution is 5.79. The molecule has 0 aromatic carbocycles. The van der Waals surface area contributed by atoms with Crippen molar-refractivity contribution in [3.05, 3.63) is 0 Å². The van der Waals surface area contributed by atoms with Gasteiger partial charge in [-0.25, -0.2) is 4.79 Å². The van der Waals surface area contributed by atoms with Gasteiger partial charge in [0.05, 0.1) is 17.9 Å². The second kappa shape index (κ2) is 9.72. The SMILES string of the molecule is CCOC1(C(C)(C)C)O[C@@H]2O[C@@H](C(=O)OC)[C@H](OC(=O)C(C)(C)C)[C@@H](OC(=O)C(C)(C)C)[C@@H]2O1. The predicted octanol–water partition coefficient (Wildman–Crippen LogP) is 2.95. The third-order valence-corrected chi connectivity index (χ3v) is 5.45. The summed E-state index contributed by atoms with van der Waals surface area (Å²) in [5.41, 5.74) is -2.47. The molecule has 2 aliphatic heterocycles. The molecule has 2 fully saturated rings. The second-order valence-corrected chi connectivity index (χ2v) is 11.6. The van der Waals surface area contributed by atoms with Crippen LogP contribution in [0, 0.1) is 16.2 Å². The van der Waals surface area contributed by atoms with Crippen LogP contribution < -0.4 is 0 Å². The Kier molecular flexibility index (Phi) is 8.14. The molecule has 0 radical (unpaired) electrons. The van der Waals surface area contributed by atoms with Gasteiger partial charge in [0.15, 0.2) is 30.7 Å². The summed E-state index contributed by atoms with van der Waals surface area (Å²) in [6, 6.07) is 0. The lowest BCUT2D eigenvalue weighted by molar-refractivity contribution is -0.396.